The zero-order valence-electron chi connectivity index (χ0n) is 27.3. The van der Waals surface area contributed by atoms with Gasteiger partial charge in [0.15, 0.2) is 0 Å². The molecule has 0 aliphatic heterocycles. The molecule has 50 heavy (non-hydrogen) atoms. The van der Waals surface area contributed by atoms with Gasteiger partial charge in [-0.15, -0.1) is 0 Å². The van der Waals surface area contributed by atoms with Gasteiger partial charge in [0, 0.05) is 43.7 Å². The third-order valence-corrected chi connectivity index (χ3v) is 10.2. The van der Waals surface area contributed by atoms with Crippen LogP contribution in [0, 0.1) is 0 Å². The largest absolute Gasteiger partial charge is 0.354 e. The molecule has 0 radical (unpaired) electrons. The van der Waals surface area contributed by atoms with Gasteiger partial charge >= 0.3 is 0 Å². The Morgan fingerprint density at radius 3 is 1.26 bits per heavy atom. The minimum absolute atomic E-state index is 1.14. The van der Waals surface area contributed by atoms with E-state index in [1.807, 2.05) is 0 Å². The standard InChI is InChI=1S/C48H32N2/c1-2-15-31(16-3-1)32-17-4-5-18-33(32)34-19-6-7-20-35(34)38-23-12-24-39(42-27-13-25-40-36-21-8-10-29-44(36)49-47(40)42)46(38)43-28-14-26-41-37-22-9-11-30-45(37)50-48(41)43/h1-30,49-50H. The van der Waals surface area contributed by atoms with E-state index in [1.54, 1.807) is 0 Å². The number of aromatic amines is 2. The van der Waals surface area contributed by atoms with Crippen molar-refractivity contribution in [3.05, 3.63) is 182 Å². The highest BCUT2D eigenvalue weighted by Crippen LogP contribution is 2.48. The van der Waals surface area contributed by atoms with Crippen LogP contribution in [-0.4, -0.2) is 9.97 Å². The van der Waals surface area contributed by atoms with E-state index in [1.165, 1.54) is 77.2 Å². The van der Waals surface area contributed by atoms with Gasteiger partial charge in [0.2, 0.25) is 0 Å². The fraction of sp³-hybridized carbons (Fsp3) is 0. The molecule has 0 amide bonds. The number of benzene rings is 8. The first-order valence-corrected chi connectivity index (χ1v) is 17.2. The van der Waals surface area contributed by atoms with E-state index in [0.717, 1.165) is 22.1 Å². The molecule has 2 heterocycles. The lowest BCUT2D eigenvalue weighted by Crippen LogP contribution is -1.95. The molecule has 0 saturated heterocycles. The SMILES string of the molecule is c1ccc(-c2ccccc2-c2ccccc2-c2cccc(-c3cccc4c3[nH]c3ccccc34)c2-c2cccc3c2[nH]c2ccccc23)cc1. The number of rotatable bonds is 5. The fourth-order valence-electron chi connectivity index (χ4n) is 8.01. The second kappa shape index (κ2) is 11.5. The summed E-state index contributed by atoms with van der Waals surface area (Å²) in [6.07, 6.45) is 0. The van der Waals surface area contributed by atoms with Crippen LogP contribution in [0.4, 0.5) is 0 Å². The summed E-state index contributed by atoms with van der Waals surface area (Å²) in [5, 5.41) is 4.93. The summed E-state index contributed by atoms with van der Waals surface area (Å²) in [5.41, 5.74) is 16.6. The molecule has 0 fully saturated rings. The summed E-state index contributed by atoms with van der Waals surface area (Å²) in [6, 6.07) is 65.8. The van der Waals surface area contributed by atoms with E-state index in [4.69, 9.17) is 0 Å². The van der Waals surface area contributed by atoms with Gasteiger partial charge in [0.1, 0.15) is 0 Å². The van der Waals surface area contributed by atoms with Gasteiger partial charge in [-0.3, -0.25) is 0 Å². The molecule has 2 heteroatoms. The molecule has 2 aromatic heterocycles. The number of fused-ring (bicyclic) bond motifs is 6. The predicted octanol–water partition coefficient (Wildman–Crippen LogP) is 13.3. The quantitative estimate of drug-likeness (QED) is 0.188. The van der Waals surface area contributed by atoms with E-state index in [2.05, 4.69) is 192 Å². The molecule has 2 N–H and O–H groups in total. The molecule has 0 spiro atoms. The molecule has 2 nitrogen and oxygen atoms in total. The van der Waals surface area contributed by atoms with E-state index in [-0.39, 0.29) is 0 Å². The summed E-state index contributed by atoms with van der Waals surface area (Å²) in [5.74, 6) is 0. The van der Waals surface area contributed by atoms with Crippen molar-refractivity contribution in [2.75, 3.05) is 0 Å². The molecule has 0 aliphatic carbocycles. The van der Waals surface area contributed by atoms with Gasteiger partial charge in [-0.25, -0.2) is 0 Å². The Kier molecular flexibility index (Phi) is 6.53. The van der Waals surface area contributed by atoms with Gasteiger partial charge in [-0.2, -0.15) is 0 Å². The summed E-state index contributed by atoms with van der Waals surface area (Å²) < 4.78 is 0. The lowest BCUT2D eigenvalue weighted by molar-refractivity contribution is 1.51. The number of aromatic nitrogens is 2. The van der Waals surface area contributed by atoms with Crippen molar-refractivity contribution in [3.63, 3.8) is 0 Å². The maximum absolute atomic E-state index is 3.83. The van der Waals surface area contributed by atoms with Crippen LogP contribution in [0.5, 0.6) is 0 Å². The van der Waals surface area contributed by atoms with E-state index < -0.39 is 0 Å². The molecule has 0 bridgehead atoms. The Balaban J connectivity index is 1.31. The average Bonchev–Trinajstić information content (AvgIpc) is 3.77. The van der Waals surface area contributed by atoms with Crippen molar-refractivity contribution in [1.29, 1.82) is 0 Å². The molecule has 0 atom stereocenters. The zero-order chi connectivity index (χ0) is 33.0. The number of nitrogens with one attached hydrogen (secondary N) is 2. The number of H-pyrrole nitrogens is 2. The number of para-hydroxylation sites is 4. The highest BCUT2D eigenvalue weighted by molar-refractivity contribution is 6.17. The first-order chi connectivity index (χ1) is 24.8. The summed E-state index contributed by atoms with van der Waals surface area (Å²) in [7, 11) is 0. The first-order valence-electron chi connectivity index (χ1n) is 17.2. The Morgan fingerprint density at radius 2 is 0.620 bits per heavy atom. The van der Waals surface area contributed by atoms with Gasteiger partial charge < -0.3 is 9.97 Å². The Bertz CT molecular complexity index is 2870. The Morgan fingerprint density at radius 1 is 0.240 bits per heavy atom. The van der Waals surface area contributed by atoms with E-state index in [0.29, 0.717) is 0 Å². The van der Waals surface area contributed by atoms with Crippen molar-refractivity contribution in [1.82, 2.24) is 9.97 Å². The van der Waals surface area contributed by atoms with Gasteiger partial charge in [0.05, 0.1) is 11.0 Å². The lowest BCUT2D eigenvalue weighted by Gasteiger charge is -2.20. The molecule has 0 unspecified atom stereocenters. The highest BCUT2D eigenvalue weighted by atomic mass is 14.7. The summed E-state index contributed by atoms with van der Waals surface area (Å²) in [6.45, 7) is 0. The highest BCUT2D eigenvalue weighted by Gasteiger charge is 2.22. The first kappa shape index (κ1) is 28.4. The molecule has 8 aromatic carbocycles. The van der Waals surface area contributed by atoms with E-state index in [9.17, 15) is 0 Å². The molecule has 10 aromatic rings. The van der Waals surface area contributed by atoms with Crippen molar-refractivity contribution >= 4 is 43.6 Å². The van der Waals surface area contributed by atoms with Crippen molar-refractivity contribution in [2.24, 2.45) is 0 Å². The van der Waals surface area contributed by atoms with Gasteiger partial charge in [-0.05, 0) is 56.6 Å². The van der Waals surface area contributed by atoms with Crippen molar-refractivity contribution in [2.45, 2.75) is 0 Å². The fourth-order valence-corrected chi connectivity index (χ4v) is 8.01. The van der Waals surface area contributed by atoms with Crippen LogP contribution in [0.15, 0.2) is 182 Å². The summed E-state index contributed by atoms with van der Waals surface area (Å²) in [4.78, 5) is 7.63. The maximum Gasteiger partial charge on any atom is 0.0544 e. The van der Waals surface area contributed by atoms with Crippen LogP contribution in [-0.2, 0) is 0 Å². The van der Waals surface area contributed by atoms with Crippen LogP contribution < -0.4 is 0 Å². The number of hydrogen-bond donors (Lipinski definition) is 2. The molecule has 0 aliphatic rings. The maximum atomic E-state index is 3.83. The molecule has 10 rings (SSSR count). The van der Waals surface area contributed by atoms with Gasteiger partial charge in [0.25, 0.3) is 0 Å². The molecular weight excluding hydrogens is 605 g/mol. The summed E-state index contributed by atoms with van der Waals surface area (Å²) >= 11 is 0. The Hall–Kier alpha value is -6.64. The van der Waals surface area contributed by atoms with Crippen molar-refractivity contribution in [3.8, 4) is 55.6 Å². The average molecular weight is 637 g/mol. The van der Waals surface area contributed by atoms with E-state index >= 15 is 0 Å². The second-order valence-electron chi connectivity index (χ2n) is 13.0. The molecule has 0 saturated carbocycles. The van der Waals surface area contributed by atoms with Crippen LogP contribution in [0.25, 0.3) is 99.2 Å². The minimum atomic E-state index is 1.14. The van der Waals surface area contributed by atoms with Crippen LogP contribution in [0.2, 0.25) is 0 Å². The lowest BCUT2D eigenvalue weighted by atomic mass is 9.83. The van der Waals surface area contributed by atoms with Gasteiger partial charge in [-0.1, -0.05) is 170 Å². The van der Waals surface area contributed by atoms with Crippen LogP contribution in [0.3, 0.4) is 0 Å². The van der Waals surface area contributed by atoms with Crippen LogP contribution in [0.1, 0.15) is 0 Å². The zero-order valence-corrected chi connectivity index (χ0v) is 27.3. The smallest absolute Gasteiger partial charge is 0.0544 e. The topological polar surface area (TPSA) is 31.6 Å². The van der Waals surface area contributed by atoms with Crippen LogP contribution >= 0.6 is 0 Å². The third-order valence-electron chi connectivity index (χ3n) is 10.2. The third kappa shape index (κ3) is 4.43. The Labute approximate surface area is 290 Å². The molecular formula is C48H32N2. The monoisotopic (exact) mass is 636 g/mol. The second-order valence-corrected chi connectivity index (χ2v) is 13.0. The predicted molar refractivity (Wildman–Crippen MR) is 212 cm³/mol. The number of hydrogen-bond acceptors (Lipinski definition) is 0. The van der Waals surface area contributed by atoms with Crippen molar-refractivity contribution < 1.29 is 0 Å². The minimum Gasteiger partial charge on any atom is -0.354 e. The molecule has 234 valence electrons. The normalized spacial score (nSPS) is 11.6.